The van der Waals surface area contributed by atoms with Crippen molar-refractivity contribution in [1.82, 2.24) is 9.97 Å². The zero-order valence-corrected chi connectivity index (χ0v) is 16.8. The van der Waals surface area contributed by atoms with Crippen molar-refractivity contribution < 1.29 is 5.11 Å². The van der Waals surface area contributed by atoms with Crippen LogP contribution in [0.5, 0.6) is 0 Å². The van der Waals surface area contributed by atoms with Gasteiger partial charge in [-0.3, -0.25) is 15.4 Å². The quantitative estimate of drug-likeness (QED) is 0.558. The number of aromatic nitrogens is 2. The van der Waals surface area contributed by atoms with Crippen LogP contribution in [0, 0.1) is 17.7 Å². The average Bonchev–Trinajstić information content (AvgIpc) is 2.72. The first-order valence-electron chi connectivity index (χ1n) is 9.62. The summed E-state index contributed by atoms with van der Waals surface area (Å²) in [5.41, 5.74) is 9.32. The minimum Gasteiger partial charge on any atom is -0.397 e. The predicted molar refractivity (Wildman–Crippen MR) is 117 cm³/mol. The number of β-amino-alcohol motifs (C(OH)–C–C–N with tert-alkyl or cyclic N) is 1. The molecule has 0 radical (unpaired) electrons. The fraction of sp³-hybridized carbons (Fsp3) is 0.381. The zero-order valence-electron chi connectivity index (χ0n) is 16.8. The van der Waals surface area contributed by atoms with Crippen molar-refractivity contribution in [3.63, 3.8) is 0 Å². The van der Waals surface area contributed by atoms with Gasteiger partial charge < -0.3 is 21.1 Å². The Morgan fingerprint density at radius 2 is 2.24 bits per heavy atom. The van der Waals surface area contributed by atoms with Gasteiger partial charge >= 0.3 is 0 Å². The number of hydrogen-bond donors (Lipinski definition) is 4. The molecule has 2 aromatic rings. The van der Waals surface area contributed by atoms with E-state index in [0.717, 1.165) is 30.8 Å². The normalized spacial score (nSPS) is 18.0. The summed E-state index contributed by atoms with van der Waals surface area (Å²) >= 11 is 0. The minimum absolute atomic E-state index is 0.196. The Labute approximate surface area is 170 Å². The summed E-state index contributed by atoms with van der Waals surface area (Å²) in [4.78, 5) is 15.1. The van der Waals surface area contributed by atoms with Gasteiger partial charge in [-0.15, -0.1) is 0 Å². The molecule has 1 fully saturated rings. The van der Waals surface area contributed by atoms with Crippen LogP contribution in [-0.4, -0.2) is 59.5 Å². The zero-order chi connectivity index (χ0) is 21.0. The summed E-state index contributed by atoms with van der Waals surface area (Å²) in [6.45, 7) is 3.36. The molecule has 5 N–H and O–H groups in total. The number of nitrogen functional groups attached to an aromatic ring is 1. The topological polar surface area (TPSA) is 135 Å². The smallest absolute Gasteiger partial charge is 0.132 e. The van der Waals surface area contributed by atoms with Crippen LogP contribution < -0.4 is 10.6 Å². The number of pyridine rings is 2. The number of aryl methyl sites for hydroxylation is 1. The van der Waals surface area contributed by atoms with Gasteiger partial charge in [-0.1, -0.05) is 6.07 Å². The summed E-state index contributed by atoms with van der Waals surface area (Å²) < 4.78 is 0. The third kappa shape index (κ3) is 4.48. The van der Waals surface area contributed by atoms with E-state index in [1.54, 1.807) is 19.3 Å². The number of nitrogens with zero attached hydrogens (tertiary/aromatic N) is 4. The maximum absolute atomic E-state index is 10.0. The standard InChI is InChI=1S/C21H27N7O/c1-13-5-6-18(27-21(13)28-7-3-4-15(29)12-28)20(24)16-8-19(26-11-17(16)23)14(9-22)10-25-2/h5-6,8-11,14-15,22,24,29H,3-4,7,12,23H2,1-2H3. The summed E-state index contributed by atoms with van der Waals surface area (Å²) in [5.74, 6) is 0.415. The van der Waals surface area contributed by atoms with Crippen molar-refractivity contribution >= 4 is 29.6 Å². The summed E-state index contributed by atoms with van der Waals surface area (Å²) in [6.07, 6.45) is 5.75. The van der Waals surface area contributed by atoms with Gasteiger partial charge in [-0.05, 0) is 37.5 Å². The monoisotopic (exact) mass is 393 g/mol. The highest BCUT2D eigenvalue weighted by atomic mass is 16.3. The van der Waals surface area contributed by atoms with Crippen LogP contribution in [0.15, 0.2) is 29.4 Å². The molecule has 0 bridgehead atoms. The number of nitrogens with one attached hydrogen (secondary N) is 2. The molecule has 3 heterocycles. The largest absolute Gasteiger partial charge is 0.397 e. The van der Waals surface area contributed by atoms with Gasteiger partial charge in [0.1, 0.15) is 5.82 Å². The molecule has 3 rings (SSSR count). The van der Waals surface area contributed by atoms with E-state index in [1.807, 2.05) is 19.1 Å². The second-order valence-corrected chi connectivity index (χ2v) is 7.25. The summed E-state index contributed by atoms with van der Waals surface area (Å²) in [6, 6.07) is 5.47. The molecule has 0 amide bonds. The van der Waals surface area contributed by atoms with Crippen LogP contribution in [0.4, 0.5) is 11.5 Å². The van der Waals surface area contributed by atoms with Crippen LogP contribution in [-0.2, 0) is 0 Å². The van der Waals surface area contributed by atoms with E-state index in [1.165, 1.54) is 12.4 Å². The molecule has 0 saturated carbocycles. The van der Waals surface area contributed by atoms with Crippen molar-refractivity contribution in [2.45, 2.75) is 31.8 Å². The molecule has 1 saturated heterocycles. The molecule has 8 nitrogen and oxygen atoms in total. The SMILES string of the molecule is CN=CC(C=N)c1cc(C(=N)c2ccc(C)c(N3CCCC(O)C3)n2)c(N)cn1. The van der Waals surface area contributed by atoms with Gasteiger partial charge in [0, 0.05) is 38.1 Å². The molecular weight excluding hydrogens is 366 g/mol. The molecule has 0 aliphatic carbocycles. The highest BCUT2D eigenvalue weighted by Gasteiger charge is 2.22. The van der Waals surface area contributed by atoms with Crippen molar-refractivity contribution in [1.29, 1.82) is 10.8 Å². The minimum atomic E-state index is -0.372. The lowest BCUT2D eigenvalue weighted by Crippen LogP contribution is -2.39. The highest BCUT2D eigenvalue weighted by molar-refractivity contribution is 6.13. The van der Waals surface area contributed by atoms with E-state index in [4.69, 9.17) is 21.5 Å². The van der Waals surface area contributed by atoms with E-state index in [0.29, 0.717) is 29.2 Å². The van der Waals surface area contributed by atoms with Crippen molar-refractivity contribution in [2.24, 2.45) is 4.99 Å². The molecule has 0 aromatic carbocycles. The van der Waals surface area contributed by atoms with E-state index in [9.17, 15) is 5.11 Å². The molecule has 0 spiro atoms. The number of aliphatic imine (C=N–C) groups is 1. The van der Waals surface area contributed by atoms with Gasteiger partial charge in [-0.25, -0.2) is 4.98 Å². The number of piperidine rings is 1. The van der Waals surface area contributed by atoms with E-state index in [-0.39, 0.29) is 17.7 Å². The van der Waals surface area contributed by atoms with Gasteiger partial charge in [-0.2, -0.15) is 0 Å². The molecule has 2 aromatic heterocycles. The first kappa shape index (κ1) is 20.6. The third-order valence-corrected chi connectivity index (χ3v) is 5.08. The molecule has 2 unspecified atom stereocenters. The van der Waals surface area contributed by atoms with Gasteiger partial charge in [0.15, 0.2) is 0 Å². The maximum atomic E-state index is 10.0. The number of nitrogens with two attached hydrogens (primary N) is 1. The Bertz CT molecular complexity index is 941. The Kier molecular flexibility index (Phi) is 6.33. The van der Waals surface area contributed by atoms with Crippen LogP contribution in [0.25, 0.3) is 0 Å². The molecule has 8 heteroatoms. The molecule has 29 heavy (non-hydrogen) atoms. The van der Waals surface area contributed by atoms with Crippen LogP contribution >= 0.6 is 0 Å². The number of rotatable bonds is 6. The summed E-state index contributed by atoms with van der Waals surface area (Å²) in [7, 11) is 1.64. The Balaban J connectivity index is 1.96. The predicted octanol–water partition coefficient (Wildman–Crippen LogP) is 2.18. The van der Waals surface area contributed by atoms with Crippen molar-refractivity contribution in [3.8, 4) is 0 Å². The molecule has 2 atom stereocenters. The lowest BCUT2D eigenvalue weighted by atomic mass is 10.0. The van der Waals surface area contributed by atoms with E-state index < -0.39 is 0 Å². The summed E-state index contributed by atoms with van der Waals surface area (Å²) in [5, 5.41) is 26.3. The molecule has 1 aliphatic heterocycles. The van der Waals surface area contributed by atoms with Crippen molar-refractivity contribution in [3.05, 3.63) is 46.9 Å². The van der Waals surface area contributed by atoms with Gasteiger partial charge in [0.25, 0.3) is 0 Å². The van der Waals surface area contributed by atoms with Gasteiger partial charge in [0.05, 0.1) is 41.0 Å². The fourth-order valence-electron chi connectivity index (χ4n) is 3.51. The molecule has 1 aliphatic rings. The maximum Gasteiger partial charge on any atom is 0.132 e. The second kappa shape index (κ2) is 8.91. The molecular formula is C21H27N7O. The van der Waals surface area contributed by atoms with Crippen molar-refractivity contribution in [2.75, 3.05) is 30.8 Å². The highest BCUT2D eigenvalue weighted by Crippen LogP contribution is 2.25. The first-order chi connectivity index (χ1) is 13.9. The van der Waals surface area contributed by atoms with E-state index >= 15 is 0 Å². The average molecular weight is 393 g/mol. The Morgan fingerprint density at radius 1 is 1.45 bits per heavy atom. The number of hydrogen-bond acceptors (Lipinski definition) is 8. The number of aliphatic hydroxyl groups is 1. The second-order valence-electron chi connectivity index (χ2n) is 7.25. The lowest BCUT2D eigenvalue weighted by molar-refractivity contribution is 0.154. The Hall–Kier alpha value is -3.13. The number of anilines is 2. The third-order valence-electron chi connectivity index (χ3n) is 5.08. The first-order valence-corrected chi connectivity index (χ1v) is 9.62. The lowest BCUT2D eigenvalue weighted by Gasteiger charge is -2.32. The Morgan fingerprint density at radius 3 is 2.93 bits per heavy atom. The van der Waals surface area contributed by atoms with Gasteiger partial charge in [0.2, 0.25) is 0 Å². The fourth-order valence-corrected chi connectivity index (χ4v) is 3.51. The number of aliphatic hydroxyl groups excluding tert-OH is 1. The van der Waals surface area contributed by atoms with Crippen LogP contribution in [0.2, 0.25) is 0 Å². The van der Waals surface area contributed by atoms with E-state index in [2.05, 4.69) is 14.9 Å². The van der Waals surface area contributed by atoms with Crippen LogP contribution in [0.1, 0.15) is 41.3 Å². The molecule has 152 valence electrons. The van der Waals surface area contributed by atoms with Crippen LogP contribution in [0.3, 0.4) is 0 Å².